The zero-order chi connectivity index (χ0) is 17.8. The Morgan fingerprint density at radius 2 is 2.04 bits per heavy atom. The van der Waals surface area contributed by atoms with Gasteiger partial charge < -0.3 is 20.1 Å². The number of nitrogens with zero attached hydrogens (tertiary/aromatic N) is 1. The van der Waals surface area contributed by atoms with Crippen molar-refractivity contribution in [2.45, 2.75) is 32.5 Å². The van der Waals surface area contributed by atoms with E-state index in [1.54, 1.807) is 4.90 Å². The average Bonchev–Trinajstić information content (AvgIpc) is 3.04. The molecule has 2 amide bonds. The summed E-state index contributed by atoms with van der Waals surface area (Å²) in [4.78, 5) is 13.9. The van der Waals surface area contributed by atoms with E-state index in [2.05, 4.69) is 5.32 Å². The predicted octanol–water partition coefficient (Wildman–Crippen LogP) is 3.73. The average molecular weight is 340 g/mol. The van der Waals surface area contributed by atoms with Crippen LogP contribution in [-0.4, -0.2) is 35.2 Å². The highest BCUT2D eigenvalue weighted by Gasteiger charge is 2.24. The lowest BCUT2D eigenvalue weighted by Crippen LogP contribution is -2.33. The molecule has 3 rings (SSSR count). The minimum absolute atomic E-state index is 0.0490. The summed E-state index contributed by atoms with van der Waals surface area (Å²) >= 11 is 0. The van der Waals surface area contributed by atoms with Crippen molar-refractivity contribution in [3.8, 4) is 5.75 Å². The highest BCUT2D eigenvalue weighted by molar-refractivity contribution is 5.90. The number of urea groups is 1. The third kappa shape index (κ3) is 4.31. The molecular formula is C20H24N2O3. The number of ether oxygens (including phenoxy) is 1. The van der Waals surface area contributed by atoms with E-state index in [1.165, 1.54) is 0 Å². The van der Waals surface area contributed by atoms with E-state index in [0.29, 0.717) is 19.5 Å². The maximum absolute atomic E-state index is 12.2. The molecule has 1 saturated heterocycles. The Morgan fingerprint density at radius 3 is 2.68 bits per heavy atom. The van der Waals surface area contributed by atoms with Gasteiger partial charge in [0.25, 0.3) is 0 Å². The van der Waals surface area contributed by atoms with Crippen molar-refractivity contribution < 1.29 is 14.6 Å². The Morgan fingerprint density at radius 1 is 1.28 bits per heavy atom. The van der Waals surface area contributed by atoms with E-state index in [0.717, 1.165) is 22.6 Å². The van der Waals surface area contributed by atoms with Crippen molar-refractivity contribution in [1.29, 1.82) is 0 Å². The summed E-state index contributed by atoms with van der Waals surface area (Å²) in [5.41, 5.74) is 2.81. The molecule has 2 N–H and O–H groups in total. The molecule has 0 aliphatic carbocycles. The van der Waals surface area contributed by atoms with E-state index in [4.69, 9.17) is 4.74 Å². The molecule has 0 radical (unpaired) electrons. The number of benzene rings is 2. The first-order chi connectivity index (χ1) is 12.0. The minimum atomic E-state index is -0.415. The van der Waals surface area contributed by atoms with Gasteiger partial charge in [0.05, 0.1) is 6.10 Å². The van der Waals surface area contributed by atoms with Crippen molar-refractivity contribution in [3.05, 3.63) is 59.7 Å². The van der Waals surface area contributed by atoms with Gasteiger partial charge in [0, 0.05) is 18.8 Å². The van der Waals surface area contributed by atoms with Crippen LogP contribution < -0.4 is 10.1 Å². The molecule has 2 aromatic carbocycles. The van der Waals surface area contributed by atoms with Crippen LogP contribution in [0.5, 0.6) is 5.75 Å². The second kappa shape index (κ2) is 7.57. The van der Waals surface area contributed by atoms with Crippen LogP contribution in [0.4, 0.5) is 10.5 Å². The van der Waals surface area contributed by atoms with Crippen LogP contribution >= 0.6 is 0 Å². The molecule has 5 nitrogen and oxygen atoms in total. The van der Waals surface area contributed by atoms with Crippen LogP contribution in [0, 0.1) is 6.92 Å². The molecule has 132 valence electrons. The quantitative estimate of drug-likeness (QED) is 0.891. The molecule has 1 heterocycles. The molecule has 0 bridgehead atoms. The van der Waals surface area contributed by atoms with Crippen molar-refractivity contribution in [2.24, 2.45) is 0 Å². The maximum atomic E-state index is 12.2. The molecule has 2 aromatic rings. The number of hydrogen-bond donors (Lipinski definition) is 2. The van der Waals surface area contributed by atoms with E-state index in [9.17, 15) is 9.90 Å². The smallest absolute Gasteiger partial charge is 0.321 e. The molecule has 1 fully saturated rings. The molecule has 0 aromatic heterocycles. The monoisotopic (exact) mass is 340 g/mol. The van der Waals surface area contributed by atoms with Crippen molar-refractivity contribution in [3.63, 3.8) is 0 Å². The predicted molar refractivity (Wildman–Crippen MR) is 97.9 cm³/mol. The zero-order valence-electron chi connectivity index (χ0n) is 14.6. The largest absolute Gasteiger partial charge is 0.486 e. The number of rotatable bonds is 4. The highest BCUT2D eigenvalue weighted by atomic mass is 16.5. The summed E-state index contributed by atoms with van der Waals surface area (Å²) in [5.74, 6) is 0.767. The molecule has 1 aliphatic rings. The Balaban J connectivity index is 1.63. The number of likely N-dealkylation sites (tertiary alicyclic amines) is 1. The van der Waals surface area contributed by atoms with Gasteiger partial charge in [0.2, 0.25) is 0 Å². The van der Waals surface area contributed by atoms with Crippen LogP contribution in [0.1, 0.15) is 30.6 Å². The van der Waals surface area contributed by atoms with Crippen LogP contribution in [0.3, 0.4) is 0 Å². The number of aliphatic hydroxyl groups excluding tert-OH is 1. The molecule has 0 spiro atoms. The maximum Gasteiger partial charge on any atom is 0.321 e. The van der Waals surface area contributed by atoms with E-state index >= 15 is 0 Å². The Kier molecular flexibility index (Phi) is 5.24. The van der Waals surface area contributed by atoms with Crippen LogP contribution in [0.25, 0.3) is 0 Å². The van der Waals surface area contributed by atoms with Crippen LogP contribution in [0.15, 0.2) is 48.5 Å². The van der Waals surface area contributed by atoms with Crippen molar-refractivity contribution in [2.75, 3.05) is 18.4 Å². The second-order valence-electron chi connectivity index (χ2n) is 6.47. The number of amides is 2. The van der Waals surface area contributed by atoms with Gasteiger partial charge in [-0.15, -0.1) is 0 Å². The fourth-order valence-electron chi connectivity index (χ4n) is 2.97. The summed E-state index contributed by atoms with van der Waals surface area (Å²) in [6.07, 6.45) is 0.172. The number of aliphatic hydroxyl groups is 1. The highest BCUT2D eigenvalue weighted by Crippen LogP contribution is 2.26. The Labute approximate surface area is 148 Å². The third-order valence-electron chi connectivity index (χ3n) is 4.47. The van der Waals surface area contributed by atoms with Gasteiger partial charge in [0.1, 0.15) is 11.9 Å². The molecule has 2 atom stereocenters. The number of carbonyl (C=O) groups is 1. The van der Waals surface area contributed by atoms with E-state index in [-0.39, 0.29) is 12.1 Å². The standard InChI is InChI=1S/C20H24N2O3/c1-14-12-18(25-15(2)16-6-4-3-5-7-16)8-9-19(14)21-20(24)22-11-10-17(23)13-22/h3-9,12,15,17,23H,10-11,13H2,1-2H3,(H,21,24)/t15?,17-/m1/s1. The van der Waals surface area contributed by atoms with Gasteiger partial charge in [-0.25, -0.2) is 4.79 Å². The van der Waals surface area contributed by atoms with Gasteiger partial charge in [-0.1, -0.05) is 30.3 Å². The summed E-state index contributed by atoms with van der Waals surface area (Å²) in [6.45, 7) is 4.93. The van der Waals surface area contributed by atoms with Gasteiger partial charge >= 0.3 is 6.03 Å². The van der Waals surface area contributed by atoms with Gasteiger partial charge in [-0.3, -0.25) is 0 Å². The summed E-state index contributed by atoms with van der Waals surface area (Å²) in [6, 6.07) is 15.5. The number of anilines is 1. The van der Waals surface area contributed by atoms with E-state index in [1.807, 2.05) is 62.4 Å². The molecular weight excluding hydrogens is 316 g/mol. The lowest BCUT2D eigenvalue weighted by molar-refractivity contribution is 0.176. The van der Waals surface area contributed by atoms with E-state index < -0.39 is 6.10 Å². The zero-order valence-corrected chi connectivity index (χ0v) is 14.6. The fraction of sp³-hybridized carbons (Fsp3) is 0.350. The topological polar surface area (TPSA) is 61.8 Å². The molecule has 25 heavy (non-hydrogen) atoms. The number of β-amino-alcohol motifs (C(OH)–C–C–N with tert-alkyl or cyclic N) is 1. The minimum Gasteiger partial charge on any atom is -0.486 e. The first-order valence-electron chi connectivity index (χ1n) is 8.59. The van der Waals surface area contributed by atoms with Crippen molar-refractivity contribution in [1.82, 2.24) is 4.90 Å². The first kappa shape index (κ1) is 17.3. The number of hydrogen-bond acceptors (Lipinski definition) is 3. The summed E-state index contributed by atoms with van der Waals surface area (Å²) in [5, 5.41) is 12.5. The van der Waals surface area contributed by atoms with Gasteiger partial charge in [0.15, 0.2) is 0 Å². The number of aryl methyl sites for hydroxylation is 1. The molecule has 0 saturated carbocycles. The molecule has 1 unspecified atom stereocenters. The van der Waals surface area contributed by atoms with Crippen molar-refractivity contribution >= 4 is 11.7 Å². The first-order valence-corrected chi connectivity index (χ1v) is 8.59. The van der Waals surface area contributed by atoms with Crippen LogP contribution in [-0.2, 0) is 0 Å². The Hall–Kier alpha value is -2.53. The normalized spacial score (nSPS) is 18.0. The Bertz CT molecular complexity index is 733. The second-order valence-corrected chi connectivity index (χ2v) is 6.47. The van der Waals surface area contributed by atoms with Crippen LogP contribution in [0.2, 0.25) is 0 Å². The number of carbonyl (C=O) groups excluding carboxylic acids is 1. The molecule has 1 aliphatic heterocycles. The SMILES string of the molecule is Cc1cc(OC(C)c2ccccc2)ccc1NC(=O)N1CC[C@@H](O)C1. The van der Waals surface area contributed by atoms with Gasteiger partial charge in [-0.05, 0) is 49.6 Å². The van der Waals surface area contributed by atoms with Gasteiger partial charge in [-0.2, -0.15) is 0 Å². The fourth-order valence-corrected chi connectivity index (χ4v) is 2.97. The third-order valence-corrected chi connectivity index (χ3v) is 4.47. The number of nitrogens with one attached hydrogen (secondary N) is 1. The lowest BCUT2D eigenvalue weighted by Gasteiger charge is -2.19. The lowest BCUT2D eigenvalue weighted by atomic mass is 10.1. The summed E-state index contributed by atoms with van der Waals surface area (Å²) in [7, 11) is 0. The molecule has 5 heteroatoms. The summed E-state index contributed by atoms with van der Waals surface area (Å²) < 4.78 is 6.00.